The van der Waals surface area contributed by atoms with Gasteiger partial charge in [-0.05, 0) is 53.6 Å². The van der Waals surface area contributed by atoms with Gasteiger partial charge in [0.2, 0.25) is 10.0 Å². The van der Waals surface area contributed by atoms with Crippen molar-refractivity contribution in [3.8, 4) is 0 Å². The molecule has 1 unspecified atom stereocenters. The zero-order valence-electron chi connectivity index (χ0n) is 18.9. The number of carbonyl (C=O) groups excluding carboxylic acids is 2. The number of amides is 1. The highest BCUT2D eigenvalue weighted by atomic mass is 35.5. The smallest absolute Gasteiger partial charge is 0.295 e. The molecule has 2 aromatic carbocycles. The summed E-state index contributed by atoms with van der Waals surface area (Å²) < 4.78 is 25.8. The highest BCUT2D eigenvalue weighted by molar-refractivity contribution is 7.89. The first-order valence-electron chi connectivity index (χ1n) is 10.6. The molecule has 1 saturated heterocycles. The monoisotopic (exact) mass is 511 g/mol. The summed E-state index contributed by atoms with van der Waals surface area (Å²) in [5.74, 6) is -2.00. The zero-order valence-corrected chi connectivity index (χ0v) is 20.5. The number of nitrogens with zero attached hydrogens (tertiary/aromatic N) is 3. The minimum atomic E-state index is -3.67. The second-order valence-electron chi connectivity index (χ2n) is 8.15. The Balaban J connectivity index is 1.82. The largest absolute Gasteiger partial charge is 0.507 e. The maximum atomic E-state index is 13.1. The number of carbonyl (C=O) groups is 2. The summed E-state index contributed by atoms with van der Waals surface area (Å²) in [6.07, 6.45) is 3.20. The Morgan fingerprint density at radius 3 is 2.29 bits per heavy atom. The molecule has 0 radical (unpaired) electrons. The molecule has 3 aromatic rings. The van der Waals surface area contributed by atoms with Gasteiger partial charge < -0.3 is 10.0 Å². The van der Waals surface area contributed by atoms with Gasteiger partial charge in [-0.3, -0.25) is 14.6 Å². The molecule has 10 heteroatoms. The lowest BCUT2D eigenvalue weighted by Crippen LogP contribution is -2.29. The molecule has 2 heterocycles. The van der Waals surface area contributed by atoms with Crippen LogP contribution in [0.15, 0.2) is 83.5 Å². The molecule has 180 valence electrons. The third kappa shape index (κ3) is 4.70. The van der Waals surface area contributed by atoms with E-state index in [1.165, 1.54) is 43.3 Å². The number of likely N-dealkylation sites (tertiary alicyclic amines) is 1. The third-order valence-electron chi connectivity index (χ3n) is 5.71. The molecule has 1 aromatic heterocycles. The summed E-state index contributed by atoms with van der Waals surface area (Å²) in [7, 11) is -0.840. The standard InChI is InChI=1S/C25H22ClN3O5S/c1-28(2)35(33,34)20-11-7-18(8-12-20)23(30)21-22(17-5-9-19(26)10-6-17)29(25(32)24(21)31)15-16-4-3-13-27-14-16/h3-14,22,30H,15H2,1-2H3/b23-21-. The van der Waals surface area contributed by atoms with E-state index in [0.717, 1.165) is 4.31 Å². The van der Waals surface area contributed by atoms with Gasteiger partial charge in [0.25, 0.3) is 11.7 Å². The highest BCUT2D eigenvalue weighted by Crippen LogP contribution is 2.40. The molecule has 1 N–H and O–H groups in total. The van der Waals surface area contributed by atoms with Crippen LogP contribution in [0, 0.1) is 0 Å². The van der Waals surface area contributed by atoms with Crippen molar-refractivity contribution in [2.45, 2.75) is 17.5 Å². The number of aromatic nitrogens is 1. The maximum Gasteiger partial charge on any atom is 0.295 e. The van der Waals surface area contributed by atoms with Crippen LogP contribution in [0.4, 0.5) is 0 Å². The number of hydrogen-bond acceptors (Lipinski definition) is 6. The van der Waals surface area contributed by atoms with Gasteiger partial charge in [0, 0.05) is 43.6 Å². The summed E-state index contributed by atoms with van der Waals surface area (Å²) in [6.45, 7) is 0.0997. The number of aliphatic hydroxyl groups is 1. The van der Waals surface area contributed by atoms with Gasteiger partial charge in [0.15, 0.2) is 0 Å². The van der Waals surface area contributed by atoms with Crippen molar-refractivity contribution < 1.29 is 23.1 Å². The predicted octanol–water partition coefficient (Wildman–Crippen LogP) is 3.61. The molecule has 0 spiro atoms. The molecule has 1 aliphatic rings. The van der Waals surface area contributed by atoms with Gasteiger partial charge in [-0.25, -0.2) is 12.7 Å². The number of benzene rings is 2. The van der Waals surface area contributed by atoms with Gasteiger partial charge in [-0.2, -0.15) is 0 Å². The van der Waals surface area contributed by atoms with Crippen LogP contribution in [0.2, 0.25) is 5.02 Å². The normalized spacial score (nSPS) is 17.8. The molecule has 4 rings (SSSR count). The van der Waals surface area contributed by atoms with E-state index < -0.39 is 33.5 Å². The van der Waals surface area contributed by atoms with E-state index in [2.05, 4.69) is 4.98 Å². The van der Waals surface area contributed by atoms with Crippen LogP contribution in [0.1, 0.15) is 22.7 Å². The fourth-order valence-corrected chi connectivity index (χ4v) is 4.90. The second-order valence-corrected chi connectivity index (χ2v) is 10.7. The lowest BCUT2D eigenvalue weighted by atomic mass is 9.95. The highest BCUT2D eigenvalue weighted by Gasteiger charge is 2.46. The fraction of sp³-hybridized carbons (Fsp3) is 0.160. The first-order valence-corrected chi connectivity index (χ1v) is 12.4. The minimum Gasteiger partial charge on any atom is -0.507 e. The molecule has 1 fully saturated rings. The van der Waals surface area contributed by atoms with Crippen LogP contribution in [0.25, 0.3) is 5.76 Å². The Morgan fingerprint density at radius 1 is 1.06 bits per heavy atom. The minimum absolute atomic E-state index is 0.0327. The second kappa shape index (κ2) is 9.61. The topological polar surface area (TPSA) is 108 Å². The van der Waals surface area contributed by atoms with Gasteiger partial charge in [-0.15, -0.1) is 0 Å². The number of aliphatic hydroxyl groups excluding tert-OH is 1. The summed E-state index contributed by atoms with van der Waals surface area (Å²) in [4.78, 5) is 31.7. The van der Waals surface area contributed by atoms with E-state index >= 15 is 0 Å². The van der Waals surface area contributed by atoms with Crippen LogP contribution in [-0.4, -0.2) is 53.5 Å². The van der Waals surface area contributed by atoms with E-state index in [0.29, 0.717) is 16.1 Å². The number of sulfonamides is 1. The number of ketones is 1. The van der Waals surface area contributed by atoms with E-state index in [-0.39, 0.29) is 22.6 Å². The van der Waals surface area contributed by atoms with Crippen LogP contribution < -0.4 is 0 Å². The van der Waals surface area contributed by atoms with E-state index in [9.17, 15) is 23.1 Å². The Bertz CT molecular complexity index is 1400. The molecule has 8 nitrogen and oxygen atoms in total. The fourth-order valence-electron chi connectivity index (χ4n) is 3.87. The lowest BCUT2D eigenvalue weighted by molar-refractivity contribution is -0.140. The first-order chi connectivity index (χ1) is 16.6. The Labute approximate surface area is 208 Å². The summed E-state index contributed by atoms with van der Waals surface area (Å²) in [6, 6.07) is 14.8. The molecule has 35 heavy (non-hydrogen) atoms. The average Bonchev–Trinajstić information content (AvgIpc) is 3.09. The maximum absolute atomic E-state index is 13.1. The number of rotatable bonds is 6. The molecule has 0 bridgehead atoms. The van der Waals surface area contributed by atoms with Crippen LogP contribution in [0.3, 0.4) is 0 Å². The quantitative estimate of drug-likeness (QED) is 0.308. The van der Waals surface area contributed by atoms with Crippen LogP contribution in [0.5, 0.6) is 0 Å². The number of pyridine rings is 1. The molecular weight excluding hydrogens is 490 g/mol. The molecule has 1 aliphatic heterocycles. The Hall–Kier alpha value is -3.53. The van der Waals surface area contributed by atoms with Gasteiger partial charge in [-0.1, -0.05) is 29.8 Å². The zero-order chi connectivity index (χ0) is 25.3. The van der Waals surface area contributed by atoms with Crippen molar-refractivity contribution in [2.24, 2.45) is 0 Å². The molecular formula is C25H22ClN3O5S. The Kier molecular flexibility index (Phi) is 6.75. The Morgan fingerprint density at radius 2 is 1.71 bits per heavy atom. The van der Waals surface area contributed by atoms with Crippen LogP contribution >= 0.6 is 11.6 Å². The van der Waals surface area contributed by atoms with Crippen molar-refractivity contribution >= 4 is 39.1 Å². The molecule has 1 amide bonds. The van der Waals surface area contributed by atoms with Crippen molar-refractivity contribution in [1.29, 1.82) is 0 Å². The molecule has 0 saturated carbocycles. The summed E-state index contributed by atoms with van der Waals surface area (Å²) in [5, 5.41) is 11.6. The number of Topliss-reactive ketones (excluding diaryl/α,β-unsaturated/α-hetero) is 1. The van der Waals surface area contributed by atoms with Gasteiger partial charge in [0.1, 0.15) is 5.76 Å². The van der Waals surface area contributed by atoms with E-state index in [1.807, 2.05) is 0 Å². The number of halogens is 1. The average molecular weight is 512 g/mol. The number of hydrogen-bond donors (Lipinski definition) is 1. The van der Waals surface area contributed by atoms with Crippen molar-refractivity contribution in [1.82, 2.24) is 14.2 Å². The van der Waals surface area contributed by atoms with E-state index in [4.69, 9.17) is 11.6 Å². The molecule has 0 aliphatic carbocycles. The van der Waals surface area contributed by atoms with Crippen molar-refractivity contribution in [2.75, 3.05) is 14.1 Å². The van der Waals surface area contributed by atoms with E-state index in [1.54, 1.807) is 48.8 Å². The summed E-state index contributed by atoms with van der Waals surface area (Å²) in [5.41, 5.74) is 1.42. The van der Waals surface area contributed by atoms with Gasteiger partial charge >= 0.3 is 0 Å². The van der Waals surface area contributed by atoms with Crippen molar-refractivity contribution in [3.05, 3.63) is 100 Å². The van der Waals surface area contributed by atoms with Crippen molar-refractivity contribution in [3.63, 3.8) is 0 Å². The summed E-state index contributed by atoms with van der Waals surface area (Å²) >= 11 is 6.04. The third-order valence-corrected chi connectivity index (χ3v) is 7.79. The molecule has 1 atom stereocenters. The lowest BCUT2D eigenvalue weighted by Gasteiger charge is -2.25. The first kappa shape index (κ1) is 24.6. The van der Waals surface area contributed by atoms with Gasteiger partial charge in [0.05, 0.1) is 16.5 Å². The predicted molar refractivity (Wildman–Crippen MR) is 131 cm³/mol. The van der Waals surface area contributed by atoms with Crippen LogP contribution in [-0.2, 0) is 26.2 Å². The SMILES string of the molecule is CN(C)S(=O)(=O)c1ccc(/C(O)=C2/C(=O)C(=O)N(Cc3cccnc3)C2c2ccc(Cl)cc2)cc1.